The number of nitrogens with two attached hydrogens (primary N) is 1. The Bertz CT molecular complexity index is 751. The van der Waals surface area contributed by atoms with Crippen molar-refractivity contribution in [3.63, 3.8) is 0 Å². The van der Waals surface area contributed by atoms with Crippen molar-refractivity contribution in [1.29, 1.82) is 0 Å². The highest BCUT2D eigenvalue weighted by Gasteiger charge is 2.30. The van der Waals surface area contributed by atoms with Crippen LogP contribution >= 0.6 is 0 Å². The number of carbonyl (C=O) groups is 2. The van der Waals surface area contributed by atoms with E-state index in [0.717, 1.165) is 12.8 Å². The van der Waals surface area contributed by atoms with Crippen molar-refractivity contribution in [2.75, 3.05) is 23.7 Å². The highest BCUT2D eigenvalue weighted by Crippen LogP contribution is 2.30. The molecule has 1 saturated carbocycles. The first-order chi connectivity index (χ1) is 11.8. The highest BCUT2D eigenvalue weighted by molar-refractivity contribution is 7.86. The Kier molecular flexibility index (Phi) is 5.07. The van der Waals surface area contributed by atoms with E-state index in [4.69, 9.17) is 5.14 Å². The lowest BCUT2D eigenvalue weighted by Crippen LogP contribution is -2.44. The molecular formula is C16H22N4O4S. The Morgan fingerprint density at radius 3 is 1.64 bits per heavy atom. The molecule has 1 heterocycles. The Labute approximate surface area is 146 Å². The lowest BCUT2D eigenvalue weighted by Gasteiger charge is -2.29. The van der Waals surface area contributed by atoms with E-state index < -0.39 is 10.2 Å². The van der Waals surface area contributed by atoms with Crippen molar-refractivity contribution < 1.29 is 18.0 Å². The first-order valence-electron chi connectivity index (χ1n) is 8.32. The highest BCUT2D eigenvalue weighted by atomic mass is 32.2. The third kappa shape index (κ3) is 4.77. The number of nitrogens with zero attached hydrogens (tertiary/aromatic N) is 1. The maximum absolute atomic E-state index is 12.3. The molecule has 1 aromatic rings. The molecule has 2 fully saturated rings. The average Bonchev–Trinajstić information content (AvgIpc) is 3.41. The zero-order chi connectivity index (χ0) is 18.0. The number of amides is 2. The van der Waals surface area contributed by atoms with Crippen LogP contribution in [0, 0.1) is 11.8 Å². The smallest absolute Gasteiger partial charge is 0.276 e. The fourth-order valence-electron chi connectivity index (χ4n) is 2.84. The molecule has 1 aliphatic heterocycles. The zero-order valence-corrected chi connectivity index (χ0v) is 14.6. The fourth-order valence-corrected chi connectivity index (χ4v) is 3.56. The number of rotatable bonds is 5. The number of anilines is 2. The number of carbonyl (C=O) groups excluding carboxylic acids is 2. The summed E-state index contributed by atoms with van der Waals surface area (Å²) in [6.45, 7) is 0.506. The minimum absolute atomic E-state index is 0.0402. The molecule has 0 aromatic heterocycles. The second-order valence-electron chi connectivity index (χ2n) is 6.55. The van der Waals surface area contributed by atoms with Gasteiger partial charge in [0.1, 0.15) is 0 Å². The van der Waals surface area contributed by atoms with Crippen molar-refractivity contribution in [2.45, 2.75) is 25.7 Å². The quantitative estimate of drug-likeness (QED) is 0.716. The molecule has 25 heavy (non-hydrogen) atoms. The number of benzene rings is 1. The van der Waals surface area contributed by atoms with E-state index in [2.05, 4.69) is 10.6 Å². The van der Waals surface area contributed by atoms with E-state index in [9.17, 15) is 18.0 Å². The van der Waals surface area contributed by atoms with E-state index in [1.54, 1.807) is 24.3 Å². The largest absolute Gasteiger partial charge is 0.326 e. The lowest BCUT2D eigenvalue weighted by atomic mass is 9.97. The van der Waals surface area contributed by atoms with Crippen molar-refractivity contribution in [3.05, 3.63) is 24.3 Å². The Morgan fingerprint density at radius 1 is 0.880 bits per heavy atom. The summed E-state index contributed by atoms with van der Waals surface area (Å²) < 4.78 is 23.8. The van der Waals surface area contributed by atoms with Crippen LogP contribution in [0.4, 0.5) is 11.4 Å². The fraction of sp³-hybridized carbons (Fsp3) is 0.500. The molecule has 2 amide bonds. The normalized spacial score (nSPS) is 19.4. The first-order valence-corrected chi connectivity index (χ1v) is 9.83. The summed E-state index contributed by atoms with van der Waals surface area (Å²) in [4.78, 5) is 24.0. The molecule has 0 bridgehead atoms. The molecule has 2 aliphatic rings. The molecule has 1 saturated heterocycles. The summed E-state index contributed by atoms with van der Waals surface area (Å²) in [6.07, 6.45) is 2.78. The molecule has 3 rings (SSSR count). The summed E-state index contributed by atoms with van der Waals surface area (Å²) in [5.74, 6) is -0.197. The summed E-state index contributed by atoms with van der Waals surface area (Å²) in [7, 11) is -3.68. The Morgan fingerprint density at radius 2 is 1.28 bits per heavy atom. The molecule has 0 unspecified atom stereocenters. The number of hydrogen-bond acceptors (Lipinski definition) is 4. The zero-order valence-electron chi connectivity index (χ0n) is 13.8. The lowest BCUT2D eigenvalue weighted by molar-refractivity contribution is -0.121. The van der Waals surface area contributed by atoms with E-state index in [-0.39, 0.29) is 36.7 Å². The Hall–Kier alpha value is -1.97. The summed E-state index contributed by atoms with van der Waals surface area (Å²) in [5, 5.41) is 10.8. The maximum Gasteiger partial charge on any atom is 0.276 e. The van der Waals surface area contributed by atoms with Crippen molar-refractivity contribution >= 4 is 33.4 Å². The molecule has 136 valence electrons. The third-order valence-electron chi connectivity index (χ3n) is 4.55. The van der Waals surface area contributed by atoms with Crippen LogP contribution in [0.5, 0.6) is 0 Å². The van der Waals surface area contributed by atoms with Gasteiger partial charge in [0, 0.05) is 36.3 Å². The number of hydrogen-bond donors (Lipinski definition) is 3. The minimum Gasteiger partial charge on any atom is -0.326 e. The van der Waals surface area contributed by atoms with Crippen LogP contribution in [0.2, 0.25) is 0 Å². The molecule has 1 aromatic carbocycles. The predicted octanol–water partition coefficient (Wildman–Crippen LogP) is 0.889. The van der Waals surface area contributed by atoms with E-state index >= 15 is 0 Å². The van der Waals surface area contributed by atoms with Gasteiger partial charge in [-0.25, -0.2) is 5.14 Å². The summed E-state index contributed by atoms with van der Waals surface area (Å²) in [5.41, 5.74) is 1.35. The van der Waals surface area contributed by atoms with Crippen LogP contribution in [0.15, 0.2) is 24.3 Å². The van der Waals surface area contributed by atoms with Gasteiger partial charge in [-0.15, -0.1) is 0 Å². The van der Waals surface area contributed by atoms with Crippen molar-refractivity contribution in [1.82, 2.24) is 4.31 Å². The minimum atomic E-state index is -3.68. The van der Waals surface area contributed by atoms with Crippen LogP contribution in [0.25, 0.3) is 0 Å². The van der Waals surface area contributed by atoms with Gasteiger partial charge < -0.3 is 10.6 Å². The molecular weight excluding hydrogens is 344 g/mol. The van der Waals surface area contributed by atoms with E-state index in [1.807, 2.05) is 0 Å². The SMILES string of the molecule is NS(=O)(=O)N1CCC(C(=O)Nc2ccc(NC(=O)C3CC3)cc2)CC1. The molecule has 9 heteroatoms. The van der Waals surface area contributed by atoms with Crippen LogP contribution in [0.1, 0.15) is 25.7 Å². The van der Waals surface area contributed by atoms with E-state index in [0.29, 0.717) is 24.2 Å². The van der Waals surface area contributed by atoms with Crippen molar-refractivity contribution in [2.24, 2.45) is 17.0 Å². The van der Waals surface area contributed by atoms with Gasteiger partial charge in [0.15, 0.2) is 0 Å². The van der Waals surface area contributed by atoms with E-state index in [1.165, 1.54) is 4.31 Å². The molecule has 1 aliphatic carbocycles. The van der Waals surface area contributed by atoms with Gasteiger partial charge in [0.05, 0.1) is 0 Å². The topological polar surface area (TPSA) is 122 Å². The van der Waals surface area contributed by atoms with Gasteiger partial charge >= 0.3 is 0 Å². The van der Waals surface area contributed by atoms with Crippen LogP contribution in [0.3, 0.4) is 0 Å². The maximum atomic E-state index is 12.3. The average molecular weight is 366 g/mol. The Balaban J connectivity index is 1.50. The molecule has 4 N–H and O–H groups in total. The van der Waals surface area contributed by atoms with Crippen molar-refractivity contribution in [3.8, 4) is 0 Å². The summed E-state index contributed by atoms with van der Waals surface area (Å²) >= 11 is 0. The molecule has 0 spiro atoms. The van der Waals surface area contributed by atoms with Crippen LogP contribution in [-0.4, -0.2) is 37.6 Å². The van der Waals surface area contributed by atoms with Gasteiger partial charge in [-0.3, -0.25) is 9.59 Å². The van der Waals surface area contributed by atoms with Gasteiger partial charge in [-0.1, -0.05) is 0 Å². The monoisotopic (exact) mass is 366 g/mol. The van der Waals surface area contributed by atoms with Gasteiger partial charge in [0.2, 0.25) is 11.8 Å². The van der Waals surface area contributed by atoms with Crippen LogP contribution < -0.4 is 15.8 Å². The number of nitrogens with one attached hydrogen (secondary N) is 2. The second kappa shape index (κ2) is 7.11. The number of piperidine rings is 1. The second-order valence-corrected chi connectivity index (χ2v) is 8.09. The van der Waals surface area contributed by atoms with Gasteiger partial charge in [0.25, 0.3) is 10.2 Å². The van der Waals surface area contributed by atoms with Gasteiger partial charge in [-0.05, 0) is 49.9 Å². The van der Waals surface area contributed by atoms with Crippen LogP contribution in [-0.2, 0) is 19.8 Å². The standard InChI is InChI=1S/C16H22N4O4S/c17-25(23,24)20-9-7-12(8-10-20)16(22)19-14-5-3-13(4-6-14)18-15(21)11-1-2-11/h3-6,11-12H,1-2,7-10H2,(H,18,21)(H,19,22)(H2,17,23,24). The predicted molar refractivity (Wildman–Crippen MR) is 93.8 cm³/mol. The van der Waals surface area contributed by atoms with Gasteiger partial charge in [-0.2, -0.15) is 12.7 Å². The first kappa shape index (κ1) is 17.8. The summed E-state index contributed by atoms with van der Waals surface area (Å²) in [6, 6.07) is 6.97. The molecule has 0 radical (unpaired) electrons. The molecule has 0 atom stereocenters. The third-order valence-corrected chi connectivity index (χ3v) is 5.64. The molecule has 8 nitrogen and oxygen atoms in total.